The van der Waals surface area contributed by atoms with Gasteiger partial charge in [0.25, 0.3) is 0 Å². The van der Waals surface area contributed by atoms with Crippen LogP contribution in [0.3, 0.4) is 0 Å². The first-order valence-corrected chi connectivity index (χ1v) is 11.0. The van der Waals surface area contributed by atoms with Gasteiger partial charge in [0.1, 0.15) is 0 Å². The predicted molar refractivity (Wildman–Crippen MR) is 106 cm³/mol. The van der Waals surface area contributed by atoms with E-state index in [9.17, 15) is 9.59 Å². The first-order valence-electron chi connectivity index (χ1n) is 9.11. The predicted octanol–water partition coefficient (Wildman–Crippen LogP) is 4.43. The van der Waals surface area contributed by atoms with Gasteiger partial charge in [-0.15, -0.1) is 0 Å². The summed E-state index contributed by atoms with van der Waals surface area (Å²) >= 11 is 0. The molecule has 0 spiro atoms. The van der Waals surface area contributed by atoms with Crippen LogP contribution in [0.5, 0.6) is 0 Å². The molecule has 7 heteroatoms. The van der Waals surface area contributed by atoms with Crippen LogP contribution >= 0.6 is 0 Å². The van der Waals surface area contributed by atoms with Crippen LogP contribution < -0.4 is 0 Å². The van der Waals surface area contributed by atoms with Gasteiger partial charge in [-0.05, 0) is 6.42 Å². The Bertz CT molecular complexity index is 367. The molecule has 152 valence electrons. The molecule has 0 rings (SSSR count). The molecule has 0 fully saturated rings. The third-order valence-corrected chi connectivity index (χ3v) is 6.64. The van der Waals surface area contributed by atoms with E-state index < -0.39 is 20.7 Å². The number of ether oxygens (including phenoxy) is 1. The highest BCUT2D eigenvalue weighted by atomic mass is 28.4. The highest BCUT2D eigenvalue weighted by Gasteiger charge is 2.36. The smallest absolute Gasteiger partial charge is 0.387 e. The second-order valence-electron chi connectivity index (χ2n) is 5.67. The lowest BCUT2D eigenvalue weighted by Crippen LogP contribution is -2.42. The Morgan fingerprint density at radius 2 is 1.15 bits per heavy atom. The standard InChI is InChI=1S/C13H30O3Si.C6H6O3/c1-5-6-7-8-9-10-11-12-13-17(14-2,15-3)16-4;1-3-5(7)9-6(8)4-2/h5-13H2,1-4H3;3-4H,1-2H2. The van der Waals surface area contributed by atoms with Crippen LogP contribution in [0.15, 0.2) is 25.3 Å². The van der Waals surface area contributed by atoms with Crippen molar-refractivity contribution in [3.63, 3.8) is 0 Å². The maximum absolute atomic E-state index is 10.2. The number of esters is 2. The van der Waals surface area contributed by atoms with Crippen molar-refractivity contribution >= 4 is 20.7 Å². The van der Waals surface area contributed by atoms with E-state index >= 15 is 0 Å². The summed E-state index contributed by atoms with van der Waals surface area (Å²) in [5.74, 6) is -1.53. The van der Waals surface area contributed by atoms with E-state index in [4.69, 9.17) is 13.3 Å². The Kier molecular flexibility index (Phi) is 19.2. The molecule has 0 aromatic heterocycles. The lowest BCUT2D eigenvalue weighted by Gasteiger charge is -2.24. The summed E-state index contributed by atoms with van der Waals surface area (Å²) in [6, 6.07) is 0.936. The van der Waals surface area contributed by atoms with Gasteiger partial charge in [0.15, 0.2) is 0 Å². The first kappa shape index (κ1) is 26.9. The summed E-state index contributed by atoms with van der Waals surface area (Å²) < 4.78 is 20.2. The molecule has 0 aliphatic carbocycles. The number of hydrogen-bond acceptors (Lipinski definition) is 6. The van der Waals surface area contributed by atoms with Crippen LogP contribution in [0.25, 0.3) is 0 Å². The number of hydrogen-bond donors (Lipinski definition) is 0. The highest BCUT2D eigenvalue weighted by Crippen LogP contribution is 2.18. The molecule has 0 saturated heterocycles. The fourth-order valence-corrected chi connectivity index (χ4v) is 4.01. The van der Waals surface area contributed by atoms with Crippen molar-refractivity contribution in [1.29, 1.82) is 0 Å². The average Bonchev–Trinajstić information content (AvgIpc) is 2.67. The van der Waals surface area contributed by atoms with Crippen molar-refractivity contribution < 1.29 is 27.6 Å². The first-order chi connectivity index (χ1) is 12.4. The van der Waals surface area contributed by atoms with Gasteiger partial charge in [0, 0.05) is 39.5 Å². The normalized spacial score (nSPS) is 10.5. The second kappa shape index (κ2) is 18.5. The molecule has 0 bridgehead atoms. The van der Waals surface area contributed by atoms with Crippen molar-refractivity contribution in [2.24, 2.45) is 0 Å². The summed E-state index contributed by atoms with van der Waals surface area (Å²) in [6.45, 7) is 8.43. The van der Waals surface area contributed by atoms with Crippen molar-refractivity contribution in [3.8, 4) is 0 Å². The molecule has 0 N–H and O–H groups in total. The summed E-state index contributed by atoms with van der Waals surface area (Å²) in [7, 11) is 2.75. The molecular formula is C19H36O6Si. The van der Waals surface area contributed by atoms with Crippen molar-refractivity contribution in [3.05, 3.63) is 25.3 Å². The van der Waals surface area contributed by atoms with Crippen LogP contribution in [0.4, 0.5) is 0 Å². The van der Waals surface area contributed by atoms with Crippen LogP contribution in [-0.4, -0.2) is 42.1 Å². The van der Waals surface area contributed by atoms with Crippen LogP contribution in [0.2, 0.25) is 6.04 Å². The lowest BCUT2D eigenvalue weighted by atomic mass is 10.1. The van der Waals surface area contributed by atoms with E-state index in [1.807, 2.05) is 0 Å². The van der Waals surface area contributed by atoms with Gasteiger partial charge in [0.2, 0.25) is 0 Å². The minimum Gasteiger partial charge on any atom is -0.387 e. The molecule has 0 aliphatic rings. The largest absolute Gasteiger partial charge is 0.500 e. The van der Waals surface area contributed by atoms with E-state index in [0.29, 0.717) is 0 Å². The molecule has 0 aliphatic heterocycles. The second-order valence-corrected chi connectivity index (χ2v) is 8.76. The number of carbonyl (C=O) groups excluding carboxylic acids is 2. The molecule has 6 nitrogen and oxygen atoms in total. The average molecular weight is 389 g/mol. The Morgan fingerprint density at radius 1 is 0.769 bits per heavy atom. The highest BCUT2D eigenvalue weighted by molar-refractivity contribution is 6.60. The third kappa shape index (κ3) is 15.0. The fourth-order valence-electron chi connectivity index (χ4n) is 2.21. The minimum absolute atomic E-state index is 0.764. The van der Waals surface area contributed by atoms with E-state index in [0.717, 1.165) is 24.6 Å². The maximum atomic E-state index is 10.2. The Labute approximate surface area is 159 Å². The van der Waals surface area contributed by atoms with Gasteiger partial charge in [-0.2, -0.15) is 0 Å². The van der Waals surface area contributed by atoms with Gasteiger partial charge in [-0.3, -0.25) is 0 Å². The number of rotatable bonds is 14. The summed E-state index contributed by atoms with van der Waals surface area (Å²) in [6.07, 6.45) is 12.4. The minimum atomic E-state index is -2.30. The molecule has 0 unspecified atom stereocenters. The van der Waals surface area contributed by atoms with Crippen LogP contribution in [0, 0.1) is 0 Å². The van der Waals surface area contributed by atoms with Crippen LogP contribution in [0.1, 0.15) is 58.3 Å². The Hall–Kier alpha value is -1.28. The maximum Gasteiger partial charge on any atom is 0.500 e. The fraction of sp³-hybridized carbons (Fsp3) is 0.684. The van der Waals surface area contributed by atoms with Crippen molar-refractivity contribution in [1.82, 2.24) is 0 Å². The van der Waals surface area contributed by atoms with Crippen molar-refractivity contribution in [2.45, 2.75) is 64.3 Å². The zero-order valence-corrected chi connectivity index (χ0v) is 17.9. The molecule has 0 atom stereocenters. The zero-order valence-electron chi connectivity index (χ0n) is 16.9. The molecule has 0 heterocycles. The molecule has 0 radical (unpaired) electrons. The summed E-state index contributed by atoms with van der Waals surface area (Å²) in [5.41, 5.74) is 0. The van der Waals surface area contributed by atoms with Crippen LogP contribution in [-0.2, 0) is 27.6 Å². The topological polar surface area (TPSA) is 71.1 Å². The number of carbonyl (C=O) groups is 2. The quantitative estimate of drug-likeness (QED) is 0.144. The SMILES string of the molecule is C=CC(=O)OC(=O)C=C.CCCCCCCCCC[Si](OC)(OC)OC. The van der Waals surface area contributed by atoms with Gasteiger partial charge in [-0.25, -0.2) is 9.59 Å². The molecule has 0 saturated carbocycles. The van der Waals surface area contributed by atoms with Gasteiger partial charge >= 0.3 is 20.7 Å². The summed E-state index contributed by atoms with van der Waals surface area (Å²) in [5, 5.41) is 0. The zero-order chi connectivity index (χ0) is 20.3. The Balaban J connectivity index is 0. The molecular weight excluding hydrogens is 352 g/mol. The molecule has 0 aromatic rings. The van der Waals surface area contributed by atoms with E-state index in [-0.39, 0.29) is 0 Å². The third-order valence-electron chi connectivity index (χ3n) is 3.80. The number of unbranched alkanes of at least 4 members (excludes halogenated alkanes) is 7. The Morgan fingerprint density at radius 3 is 1.50 bits per heavy atom. The monoisotopic (exact) mass is 388 g/mol. The molecule has 0 aromatic carbocycles. The lowest BCUT2D eigenvalue weighted by molar-refractivity contribution is -0.152. The molecule has 26 heavy (non-hydrogen) atoms. The van der Waals surface area contributed by atoms with Gasteiger partial charge in [-0.1, -0.05) is 65.0 Å². The molecule has 0 amide bonds. The van der Waals surface area contributed by atoms with E-state index in [2.05, 4.69) is 24.8 Å². The van der Waals surface area contributed by atoms with Crippen molar-refractivity contribution in [2.75, 3.05) is 21.3 Å². The van der Waals surface area contributed by atoms with Gasteiger partial charge in [0.05, 0.1) is 0 Å². The van der Waals surface area contributed by atoms with E-state index in [1.54, 1.807) is 21.3 Å². The van der Waals surface area contributed by atoms with Gasteiger partial charge < -0.3 is 18.0 Å². The summed E-state index contributed by atoms with van der Waals surface area (Å²) in [4.78, 5) is 20.3. The van der Waals surface area contributed by atoms with E-state index in [1.165, 1.54) is 44.9 Å².